The van der Waals surface area contributed by atoms with Gasteiger partial charge in [-0.25, -0.2) is 4.98 Å². The molecule has 0 N–H and O–H groups in total. The van der Waals surface area contributed by atoms with E-state index in [1.807, 2.05) is 10.8 Å². The van der Waals surface area contributed by atoms with Crippen molar-refractivity contribution in [1.29, 1.82) is 0 Å². The number of nitrogens with zero attached hydrogens (tertiary/aromatic N) is 7. The van der Waals surface area contributed by atoms with Gasteiger partial charge in [0.25, 0.3) is 0 Å². The number of aryl methyl sites for hydroxylation is 1. The summed E-state index contributed by atoms with van der Waals surface area (Å²) in [4.78, 5) is 8.46. The van der Waals surface area contributed by atoms with Crippen LogP contribution in [-0.2, 0) is 6.42 Å². The highest BCUT2D eigenvalue weighted by Gasteiger charge is 2.09. The number of rotatable bonds is 3. The molecule has 0 unspecified atom stereocenters. The summed E-state index contributed by atoms with van der Waals surface area (Å²) in [5.41, 5.74) is 0.624. The van der Waals surface area contributed by atoms with Gasteiger partial charge in [-0.05, 0) is 16.8 Å². The van der Waals surface area contributed by atoms with Crippen LogP contribution in [0.4, 0.5) is 0 Å². The SMILES string of the molecule is CCCc1nccn1-c1cncc2nnnn12. The van der Waals surface area contributed by atoms with Gasteiger partial charge in [-0.1, -0.05) is 6.92 Å². The Labute approximate surface area is 97.1 Å². The summed E-state index contributed by atoms with van der Waals surface area (Å²) < 4.78 is 3.60. The molecule has 0 spiro atoms. The van der Waals surface area contributed by atoms with Crippen molar-refractivity contribution in [2.75, 3.05) is 0 Å². The Balaban J connectivity index is 2.20. The standard InChI is InChI=1S/C10H11N7/c1-2-3-8-12-4-5-16(8)10-7-11-6-9-13-14-15-17(9)10/h4-7H,2-3H2,1H3. The Morgan fingerprint density at radius 2 is 2.24 bits per heavy atom. The van der Waals surface area contributed by atoms with E-state index >= 15 is 0 Å². The summed E-state index contributed by atoms with van der Waals surface area (Å²) in [7, 11) is 0. The van der Waals surface area contributed by atoms with Gasteiger partial charge in [-0.15, -0.1) is 5.10 Å². The Kier molecular flexibility index (Phi) is 2.28. The van der Waals surface area contributed by atoms with Gasteiger partial charge in [-0.3, -0.25) is 9.55 Å². The number of aromatic nitrogens is 7. The summed E-state index contributed by atoms with van der Waals surface area (Å²) in [6.45, 7) is 2.12. The molecule has 0 radical (unpaired) electrons. The van der Waals surface area contributed by atoms with E-state index in [1.165, 1.54) is 0 Å². The second-order valence-corrected chi connectivity index (χ2v) is 3.68. The molecule has 0 saturated carbocycles. The molecule has 0 atom stereocenters. The van der Waals surface area contributed by atoms with Crippen molar-refractivity contribution in [2.45, 2.75) is 19.8 Å². The molecule has 3 aromatic heterocycles. The molecule has 3 rings (SSSR count). The van der Waals surface area contributed by atoms with Crippen LogP contribution >= 0.6 is 0 Å². The van der Waals surface area contributed by atoms with Crippen LogP contribution in [0.2, 0.25) is 0 Å². The number of imidazole rings is 1. The first-order valence-corrected chi connectivity index (χ1v) is 5.45. The highest BCUT2D eigenvalue weighted by molar-refractivity contribution is 5.38. The average Bonchev–Trinajstić information content (AvgIpc) is 2.96. The van der Waals surface area contributed by atoms with Gasteiger partial charge < -0.3 is 0 Å². The zero-order valence-corrected chi connectivity index (χ0v) is 9.35. The molecule has 86 valence electrons. The molecular formula is C10H11N7. The lowest BCUT2D eigenvalue weighted by atomic mass is 10.3. The zero-order valence-electron chi connectivity index (χ0n) is 9.35. The van der Waals surface area contributed by atoms with Crippen molar-refractivity contribution >= 4 is 5.65 Å². The first kappa shape index (κ1) is 9.88. The summed E-state index contributed by atoms with van der Waals surface area (Å²) >= 11 is 0. The van der Waals surface area contributed by atoms with Crippen molar-refractivity contribution in [1.82, 2.24) is 34.6 Å². The minimum Gasteiger partial charge on any atom is -0.286 e. The molecule has 17 heavy (non-hydrogen) atoms. The van der Waals surface area contributed by atoms with Crippen molar-refractivity contribution in [3.8, 4) is 5.82 Å². The average molecular weight is 229 g/mol. The molecule has 0 aromatic carbocycles. The second kappa shape index (κ2) is 3.93. The van der Waals surface area contributed by atoms with Gasteiger partial charge in [-0.2, -0.15) is 4.52 Å². The monoisotopic (exact) mass is 229 g/mol. The number of tetrazole rings is 1. The Morgan fingerprint density at radius 1 is 1.29 bits per heavy atom. The highest BCUT2D eigenvalue weighted by atomic mass is 15.5. The van der Waals surface area contributed by atoms with E-state index in [0.29, 0.717) is 5.65 Å². The van der Waals surface area contributed by atoms with E-state index in [0.717, 1.165) is 24.5 Å². The van der Waals surface area contributed by atoms with E-state index in [1.54, 1.807) is 23.1 Å². The quantitative estimate of drug-likeness (QED) is 0.659. The molecule has 0 saturated heterocycles. The van der Waals surface area contributed by atoms with Gasteiger partial charge in [0.15, 0.2) is 11.5 Å². The molecule has 3 aromatic rings. The third-order valence-electron chi connectivity index (χ3n) is 2.53. The smallest absolute Gasteiger partial charge is 0.199 e. The van der Waals surface area contributed by atoms with Crippen molar-refractivity contribution in [3.05, 3.63) is 30.6 Å². The normalized spacial score (nSPS) is 11.1. The Hall–Kier alpha value is -2.31. The Morgan fingerprint density at radius 3 is 3.12 bits per heavy atom. The van der Waals surface area contributed by atoms with Crippen molar-refractivity contribution in [3.63, 3.8) is 0 Å². The molecule has 3 heterocycles. The number of hydrogen-bond donors (Lipinski definition) is 0. The number of hydrogen-bond acceptors (Lipinski definition) is 5. The van der Waals surface area contributed by atoms with E-state index in [-0.39, 0.29) is 0 Å². The van der Waals surface area contributed by atoms with E-state index in [4.69, 9.17) is 0 Å². The van der Waals surface area contributed by atoms with Gasteiger partial charge in [0.2, 0.25) is 0 Å². The predicted octanol–water partition coefficient (Wildman–Crippen LogP) is 0.657. The molecule has 0 aliphatic rings. The molecule has 7 nitrogen and oxygen atoms in total. The van der Waals surface area contributed by atoms with E-state index in [2.05, 4.69) is 32.4 Å². The topological polar surface area (TPSA) is 73.8 Å². The zero-order chi connectivity index (χ0) is 11.7. The van der Waals surface area contributed by atoms with E-state index < -0.39 is 0 Å². The molecule has 7 heteroatoms. The van der Waals surface area contributed by atoms with E-state index in [9.17, 15) is 0 Å². The van der Waals surface area contributed by atoms with Gasteiger partial charge in [0.1, 0.15) is 5.82 Å². The summed E-state index contributed by atoms with van der Waals surface area (Å²) in [5.74, 6) is 1.78. The van der Waals surface area contributed by atoms with Crippen LogP contribution in [-0.4, -0.2) is 34.6 Å². The maximum Gasteiger partial charge on any atom is 0.199 e. The Bertz CT molecular complexity index is 639. The van der Waals surface area contributed by atoms with Crippen LogP contribution in [0.3, 0.4) is 0 Å². The lowest BCUT2D eigenvalue weighted by Gasteiger charge is -2.06. The first-order valence-electron chi connectivity index (χ1n) is 5.45. The first-order chi connectivity index (χ1) is 8.40. The molecule has 0 fully saturated rings. The largest absolute Gasteiger partial charge is 0.286 e. The molecule has 0 bridgehead atoms. The predicted molar refractivity (Wildman–Crippen MR) is 59.7 cm³/mol. The van der Waals surface area contributed by atoms with Crippen LogP contribution < -0.4 is 0 Å². The highest BCUT2D eigenvalue weighted by Crippen LogP contribution is 2.11. The maximum atomic E-state index is 4.33. The van der Waals surface area contributed by atoms with Crippen molar-refractivity contribution < 1.29 is 0 Å². The summed E-state index contributed by atoms with van der Waals surface area (Å²) in [6.07, 6.45) is 8.96. The second-order valence-electron chi connectivity index (χ2n) is 3.68. The van der Waals surface area contributed by atoms with Crippen LogP contribution in [0.1, 0.15) is 19.2 Å². The van der Waals surface area contributed by atoms with Crippen LogP contribution in [0.5, 0.6) is 0 Å². The van der Waals surface area contributed by atoms with Gasteiger partial charge >= 0.3 is 0 Å². The minimum atomic E-state index is 0.624. The lowest BCUT2D eigenvalue weighted by Crippen LogP contribution is -2.07. The minimum absolute atomic E-state index is 0.624. The van der Waals surface area contributed by atoms with Crippen LogP contribution in [0, 0.1) is 0 Å². The van der Waals surface area contributed by atoms with Gasteiger partial charge in [0, 0.05) is 18.8 Å². The van der Waals surface area contributed by atoms with Crippen LogP contribution in [0.15, 0.2) is 24.8 Å². The summed E-state index contributed by atoms with van der Waals surface area (Å²) in [5, 5.41) is 11.5. The van der Waals surface area contributed by atoms with Crippen LogP contribution in [0.25, 0.3) is 11.5 Å². The fraction of sp³-hybridized carbons (Fsp3) is 0.300. The molecular weight excluding hydrogens is 218 g/mol. The third kappa shape index (κ3) is 1.55. The molecule has 0 aliphatic heterocycles. The fourth-order valence-electron chi connectivity index (χ4n) is 1.78. The maximum absolute atomic E-state index is 4.33. The number of fused-ring (bicyclic) bond motifs is 1. The lowest BCUT2D eigenvalue weighted by molar-refractivity contribution is 0.746. The van der Waals surface area contributed by atoms with Crippen molar-refractivity contribution in [2.24, 2.45) is 0 Å². The fourth-order valence-corrected chi connectivity index (χ4v) is 1.78. The summed E-state index contributed by atoms with van der Waals surface area (Å²) in [6, 6.07) is 0. The molecule has 0 amide bonds. The molecule has 0 aliphatic carbocycles. The third-order valence-corrected chi connectivity index (χ3v) is 2.53. The van der Waals surface area contributed by atoms with Gasteiger partial charge in [0.05, 0.1) is 12.4 Å².